The lowest BCUT2D eigenvalue weighted by molar-refractivity contribution is -0.137. The first kappa shape index (κ1) is 11.9. The van der Waals surface area contributed by atoms with Gasteiger partial charge in [0.25, 0.3) is 0 Å². The molecule has 0 unspecified atom stereocenters. The van der Waals surface area contributed by atoms with Crippen LogP contribution in [0.5, 0.6) is 5.75 Å². The number of hydrogen-bond donors (Lipinski definition) is 1. The fourth-order valence-corrected chi connectivity index (χ4v) is 1.06. The predicted octanol–water partition coefficient (Wildman–Crippen LogP) is 1.27. The van der Waals surface area contributed by atoms with E-state index in [9.17, 15) is 14.4 Å². The fourth-order valence-electron chi connectivity index (χ4n) is 1.06. The molecule has 84 valence electrons. The maximum absolute atomic E-state index is 11.1. The van der Waals surface area contributed by atoms with Crippen LogP contribution in [0.1, 0.15) is 23.7 Å². The normalized spacial score (nSPS) is 9.56. The lowest BCUT2D eigenvalue weighted by Crippen LogP contribution is -2.12. The molecule has 0 radical (unpaired) electrons. The Bertz CT molecular complexity index is 436. The summed E-state index contributed by atoms with van der Waals surface area (Å²) in [5, 5.41) is 8.69. The highest BCUT2D eigenvalue weighted by molar-refractivity contribution is 5.95. The second-order valence-electron chi connectivity index (χ2n) is 3.19. The van der Waals surface area contributed by atoms with Gasteiger partial charge in [-0.15, -0.1) is 0 Å². The van der Waals surface area contributed by atoms with Crippen LogP contribution in [-0.4, -0.2) is 22.8 Å². The van der Waals surface area contributed by atoms with Crippen molar-refractivity contribution in [2.45, 2.75) is 13.3 Å². The molecule has 5 nitrogen and oxygen atoms in total. The Morgan fingerprint density at radius 1 is 1.31 bits per heavy atom. The molecule has 0 heterocycles. The van der Waals surface area contributed by atoms with Crippen LogP contribution in [-0.2, 0) is 9.59 Å². The van der Waals surface area contributed by atoms with Gasteiger partial charge in [-0.3, -0.25) is 9.59 Å². The maximum Gasteiger partial charge on any atom is 0.335 e. The summed E-state index contributed by atoms with van der Waals surface area (Å²) < 4.78 is 4.79. The number of ketones is 1. The van der Waals surface area contributed by atoms with Crippen LogP contribution in [0.2, 0.25) is 0 Å². The topological polar surface area (TPSA) is 80.7 Å². The van der Waals surface area contributed by atoms with Crippen molar-refractivity contribution in [1.82, 2.24) is 0 Å². The van der Waals surface area contributed by atoms with Crippen molar-refractivity contribution in [2.75, 3.05) is 0 Å². The minimum atomic E-state index is -1.11. The molecule has 1 N–H and O–H groups in total. The van der Waals surface area contributed by atoms with Gasteiger partial charge in [0, 0.05) is 0 Å². The van der Waals surface area contributed by atoms with Crippen LogP contribution in [0.25, 0.3) is 0 Å². The highest BCUT2D eigenvalue weighted by atomic mass is 16.5. The molecule has 16 heavy (non-hydrogen) atoms. The van der Waals surface area contributed by atoms with Gasteiger partial charge >= 0.3 is 11.9 Å². The monoisotopic (exact) mass is 222 g/mol. The molecule has 0 atom stereocenters. The molecule has 0 aliphatic carbocycles. The van der Waals surface area contributed by atoms with Crippen molar-refractivity contribution in [2.24, 2.45) is 0 Å². The van der Waals surface area contributed by atoms with Crippen LogP contribution in [0, 0.1) is 0 Å². The van der Waals surface area contributed by atoms with Crippen LogP contribution in [0.15, 0.2) is 24.3 Å². The number of benzene rings is 1. The highest BCUT2D eigenvalue weighted by Crippen LogP contribution is 2.13. The highest BCUT2D eigenvalue weighted by Gasteiger charge is 2.09. The Morgan fingerprint density at radius 2 is 2.00 bits per heavy atom. The number of aromatic carboxylic acids is 1. The van der Waals surface area contributed by atoms with E-state index >= 15 is 0 Å². The number of rotatable bonds is 4. The number of esters is 1. The number of hydrogen-bond acceptors (Lipinski definition) is 4. The van der Waals surface area contributed by atoms with E-state index in [0.29, 0.717) is 0 Å². The lowest BCUT2D eigenvalue weighted by Gasteiger charge is -2.03. The molecule has 0 amide bonds. The van der Waals surface area contributed by atoms with Crippen LogP contribution < -0.4 is 4.74 Å². The van der Waals surface area contributed by atoms with E-state index in [1.807, 2.05) is 0 Å². The third-order valence-electron chi connectivity index (χ3n) is 1.71. The van der Waals surface area contributed by atoms with Gasteiger partial charge in [0.1, 0.15) is 18.0 Å². The minimum absolute atomic E-state index is 0.0214. The molecular weight excluding hydrogens is 212 g/mol. The first-order chi connectivity index (χ1) is 7.49. The van der Waals surface area contributed by atoms with Crippen molar-refractivity contribution in [3.63, 3.8) is 0 Å². The second-order valence-corrected chi connectivity index (χ2v) is 3.19. The first-order valence-electron chi connectivity index (χ1n) is 4.52. The summed E-state index contributed by atoms with van der Waals surface area (Å²) >= 11 is 0. The molecule has 0 saturated carbocycles. The largest absolute Gasteiger partial charge is 0.478 e. The van der Waals surface area contributed by atoms with E-state index in [2.05, 4.69) is 0 Å². The number of ether oxygens (including phenoxy) is 1. The summed E-state index contributed by atoms with van der Waals surface area (Å²) in [6, 6.07) is 5.51. The molecule has 1 aromatic rings. The van der Waals surface area contributed by atoms with Gasteiger partial charge in [0.15, 0.2) is 0 Å². The standard InChI is InChI=1S/C11H10O5/c1-7(12)5-10(13)16-9-4-2-3-8(6-9)11(14)15/h2-4,6H,5H2,1H3,(H,14,15). The number of Topliss-reactive ketones (excluding diaryl/α,β-unsaturated/α-hetero) is 1. The molecule has 1 aromatic carbocycles. The summed E-state index contributed by atoms with van der Waals surface area (Å²) in [5.41, 5.74) is 0.0214. The zero-order valence-corrected chi connectivity index (χ0v) is 8.60. The molecule has 0 bridgehead atoms. The predicted molar refractivity (Wildman–Crippen MR) is 54.3 cm³/mol. The molecule has 0 aromatic heterocycles. The van der Waals surface area contributed by atoms with Crippen LogP contribution in [0.3, 0.4) is 0 Å². The summed E-state index contributed by atoms with van der Waals surface area (Å²) in [6.45, 7) is 1.27. The first-order valence-corrected chi connectivity index (χ1v) is 4.52. The lowest BCUT2D eigenvalue weighted by atomic mass is 10.2. The number of carbonyl (C=O) groups is 3. The van der Waals surface area contributed by atoms with Crippen LogP contribution >= 0.6 is 0 Å². The van der Waals surface area contributed by atoms with E-state index in [1.54, 1.807) is 0 Å². The molecule has 0 spiro atoms. The van der Waals surface area contributed by atoms with Gasteiger partial charge in [-0.25, -0.2) is 4.79 Å². The summed E-state index contributed by atoms with van der Waals surface area (Å²) in [6.07, 6.45) is -0.322. The molecule has 0 aliphatic heterocycles. The number of carboxylic acids is 1. The van der Waals surface area contributed by atoms with Crippen molar-refractivity contribution < 1.29 is 24.2 Å². The van der Waals surface area contributed by atoms with Crippen molar-refractivity contribution in [3.05, 3.63) is 29.8 Å². The zero-order chi connectivity index (χ0) is 12.1. The van der Waals surface area contributed by atoms with Crippen molar-refractivity contribution >= 4 is 17.7 Å². The molecule has 1 rings (SSSR count). The van der Waals surface area contributed by atoms with Gasteiger partial charge < -0.3 is 9.84 Å². The number of carbonyl (C=O) groups excluding carboxylic acids is 2. The maximum atomic E-state index is 11.1. The van der Waals surface area contributed by atoms with E-state index in [-0.39, 0.29) is 23.5 Å². The van der Waals surface area contributed by atoms with E-state index < -0.39 is 11.9 Å². The zero-order valence-electron chi connectivity index (χ0n) is 8.60. The van der Waals surface area contributed by atoms with Gasteiger partial charge in [-0.05, 0) is 25.1 Å². The summed E-state index contributed by atoms with van der Waals surface area (Å²) in [7, 11) is 0. The summed E-state index contributed by atoms with van der Waals surface area (Å²) in [4.78, 5) is 32.4. The minimum Gasteiger partial charge on any atom is -0.478 e. The average molecular weight is 222 g/mol. The van der Waals surface area contributed by atoms with E-state index in [0.717, 1.165) is 0 Å². The van der Waals surface area contributed by atoms with Gasteiger partial charge in [-0.2, -0.15) is 0 Å². The average Bonchev–Trinajstić information content (AvgIpc) is 2.16. The molecule has 0 saturated heterocycles. The van der Waals surface area contributed by atoms with Crippen molar-refractivity contribution in [3.8, 4) is 5.75 Å². The van der Waals surface area contributed by atoms with Crippen LogP contribution in [0.4, 0.5) is 0 Å². The molecule has 0 fully saturated rings. The van der Waals surface area contributed by atoms with Gasteiger partial charge in [0.05, 0.1) is 5.56 Å². The number of carboxylic acid groups (broad SMARTS) is 1. The molecular formula is C11H10O5. The van der Waals surface area contributed by atoms with E-state index in [4.69, 9.17) is 9.84 Å². The third kappa shape index (κ3) is 3.53. The van der Waals surface area contributed by atoms with Gasteiger partial charge in [-0.1, -0.05) is 6.07 Å². The summed E-state index contributed by atoms with van der Waals surface area (Å²) in [5.74, 6) is -2.00. The SMILES string of the molecule is CC(=O)CC(=O)Oc1cccc(C(=O)O)c1. The van der Waals surface area contributed by atoms with Gasteiger partial charge in [0.2, 0.25) is 0 Å². The fraction of sp³-hybridized carbons (Fsp3) is 0.182. The van der Waals surface area contributed by atoms with E-state index in [1.165, 1.54) is 31.2 Å². The molecule has 0 aliphatic rings. The Morgan fingerprint density at radius 3 is 2.56 bits per heavy atom. The Kier molecular flexibility index (Phi) is 3.77. The quantitative estimate of drug-likeness (QED) is 0.471. The Balaban J connectivity index is 2.74. The molecule has 5 heteroatoms. The second kappa shape index (κ2) is 5.06. The van der Waals surface area contributed by atoms with Crippen molar-refractivity contribution in [1.29, 1.82) is 0 Å². The third-order valence-corrected chi connectivity index (χ3v) is 1.71. The Hall–Kier alpha value is -2.17. The smallest absolute Gasteiger partial charge is 0.335 e. The Labute approximate surface area is 91.6 Å².